The van der Waals surface area contributed by atoms with Gasteiger partial charge in [-0.1, -0.05) is 57.4 Å². The molecule has 15 heteroatoms. The zero-order chi connectivity index (χ0) is 38.2. The Hall–Kier alpha value is -5.60. The molecular weight excluding hydrogens is 787 g/mol. The van der Waals surface area contributed by atoms with E-state index in [1.807, 2.05) is 6.08 Å². The van der Waals surface area contributed by atoms with Gasteiger partial charge in [-0.15, -0.1) is 0 Å². The van der Waals surface area contributed by atoms with E-state index in [0.29, 0.717) is 20.6 Å². The van der Waals surface area contributed by atoms with Crippen LogP contribution in [-0.2, 0) is 24.6 Å². The molecule has 4 aliphatic rings. The van der Waals surface area contributed by atoms with Gasteiger partial charge in [-0.25, -0.2) is 9.29 Å². The monoisotopic (exact) mass is 814 g/mol. The smallest absolute Gasteiger partial charge is 0.271 e. The maximum Gasteiger partial charge on any atom is 0.271 e. The lowest BCUT2D eigenvalue weighted by atomic mass is 9.49. The topological polar surface area (TPSA) is 159 Å². The minimum absolute atomic E-state index is 0.0496. The van der Waals surface area contributed by atoms with Crippen LogP contribution in [0.5, 0.6) is 11.5 Å². The van der Waals surface area contributed by atoms with E-state index in [0.717, 1.165) is 9.91 Å². The number of aromatic hydroxyl groups is 1. The average Bonchev–Trinajstić information content (AvgIpc) is 3.54. The van der Waals surface area contributed by atoms with Crippen LogP contribution in [0.25, 0.3) is 0 Å². The highest BCUT2D eigenvalue weighted by Crippen LogP contribution is 2.65. The summed E-state index contributed by atoms with van der Waals surface area (Å²) in [6.45, 7) is 0. The van der Waals surface area contributed by atoms with E-state index in [1.54, 1.807) is 36.4 Å². The van der Waals surface area contributed by atoms with E-state index in [4.69, 9.17) is 16.3 Å². The highest BCUT2D eigenvalue weighted by Gasteiger charge is 2.70. The molecule has 6 atom stereocenters. The second kappa shape index (κ2) is 13.1. The van der Waals surface area contributed by atoms with Gasteiger partial charge in [-0.05, 0) is 78.9 Å². The number of hydrogen-bond donors (Lipinski definition) is 2. The van der Waals surface area contributed by atoms with Crippen molar-refractivity contribution in [3.8, 4) is 11.5 Å². The number of hydrogen-bond acceptors (Lipinski definition) is 9. The van der Waals surface area contributed by atoms with Crippen molar-refractivity contribution in [2.45, 2.75) is 24.2 Å². The van der Waals surface area contributed by atoms with Crippen molar-refractivity contribution in [2.24, 2.45) is 23.7 Å². The number of ether oxygens (including phenoxy) is 1. The Balaban J connectivity index is 1.34. The number of nitrogens with zero attached hydrogens (tertiary/aromatic N) is 3. The molecule has 54 heavy (non-hydrogen) atoms. The van der Waals surface area contributed by atoms with Crippen LogP contribution in [0.15, 0.2) is 101 Å². The quantitative estimate of drug-likeness (QED) is 0.0863. The summed E-state index contributed by atoms with van der Waals surface area (Å²) in [6, 6.07) is 20.1. The van der Waals surface area contributed by atoms with Gasteiger partial charge in [0.15, 0.2) is 11.5 Å². The highest BCUT2D eigenvalue weighted by molar-refractivity contribution is 9.10. The van der Waals surface area contributed by atoms with E-state index in [2.05, 4.69) is 21.4 Å². The third-order valence-corrected chi connectivity index (χ3v) is 11.9. The average molecular weight is 816 g/mol. The molecule has 274 valence electrons. The summed E-state index contributed by atoms with van der Waals surface area (Å²) in [5.41, 5.74) is 2.35. The van der Waals surface area contributed by atoms with Gasteiger partial charge in [-0.3, -0.25) is 34.7 Å². The number of nitrogens with one attached hydrogen (secondary N) is 1. The Labute approximate surface area is 320 Å². The summed E-state index contributed by atoms with van der Waals surface area (Å²) >= 11 is 9.86. The summed E-state index contributed by atoms with van der Waals surface area (Å²) in [6.07, 6.45) is 1.84. The molecule has 1 saturated carbocycles. The van der Waals surface area contributed by atoms with Gasteiger partial charge in [0.25, 0.3) is 17.5 Å². The van der Waals surface area contributed by atoms with Crippen LogP contribution >= 0.6 is 27.5 Å². The van der Waals surface area contributed by atoms with Gasteiger partial charge in [-0.2, -0.15) is 5.01 Å². The Morgan fingerprint density at radius 1 is 0.981 bits per heavy atom. The second-order valence-electron chi connectivity index (χ2n) is 13.7. The molecule has 0 bridgehead atoms. The van der Waals surface area contributed by atoms with Crippen LogP contribution in [0, 0.1) is 39.6 Å². The first kappa shape index (κ1) is 35.4. The number of benzene rings is 4. The first-order valence-corrected chi connectivity index (χ1v) is 18.1. The third-order valence-electron chi connectivity index (χ3n) is 11.2. The number of fused-ring (bicyclic) bond motifs is 4. The number of methoxy groups -OCH3 is 1. The minimum atomic E-state index is -1.74. The molecule has 3 fully saturated rings. The number of anilines is 2. The Morgan fingerprint density at radius 2 is 1.70 bits per heavy atom. The zero-order valence-corrected chi connectivity index (χ0v) is 30.6. The Morgan fingerprint density at radius 3 is 2.39 bits per heavy atom. The van der Waals surface area contributed by atoms with Crippen LogP contribution in [-0.4, -0.2) is 45.8 Å². The number of amides is 4. The molecule has 0 unspecified atom stereocenters. The number of imide groups is 2. The maximum absolute atomic E-state index is 15.3. The number of carbonyl (C=O) groups excluding carboxylic acids is 4. The van der Waals surface area contributed by atoms with Gasteiger partial charge < -0.3 is 9.84 Å². The first-order valence-electron chi connectivity index (χ1n) is 16.9. The number of phenolic OH excluding ortho intramolecular Hbond substituents is 1. The molecule has 0 spiro atoms. The molecule has 2 saturated heterocycles. The van der Waals surface area contributed by atoms with E-state index >= 15 is 4.79 Å². The molecule has 12 nitrogen and oxygen atoms in total. The van der Waals surface area contributed by atoms with Crippen molar-refractivity contribution in [3.05, 3.63) is 133 Å². The van der Waals surface area contributed by atoms with Gasteiger partial charge in [0.05, 0.1) is 46.6 Å². The molecule has 0 radical (unpaired) electrons. The summed E-state index contributed by atoms with van der Waals surface area (Å²) in [4.78, 5) is 70.7. The number of phenols is 1. The molecule has 8 rings (SSSR count). The summed E-state index contributed by atoms with van der Waals surface area (Å²) in [5, 5.41) is 24.7. The van der Waals surface area contributed by atoms with Crippen LogP contribution < -0.4 is 15.1 Å². The third kappa shape index (κ3) is 5.22. The highest BCUT2D eigenvalue weighted by atomic mass is 79.9. The van der Waals surface area contributed by atoms with Crippen molar-refractivity contribution < 1.29 is 38.3 Å². The summed E-state index contributed by atoms with van der Waals surface area (Å²) < 4.78 is 19.9. The fourth-order valence-corrected chi connectivity index (χ4v) is 9.55. The maximum atomic E-state index is 15.3. The van der Waals surface area contributed by atoms with Crippen molar-refractivity contribution >= 4 is 68.2 Å². The van der Waals surface area contributed by atoms with E-state index in [1.165, 1.54) is 55.6 Å². The molecule has 4 aromatic carbocycles. The van der Waals surface area contributed by atoms with Gasteiger partial charge >= 0.3 is 0 Å². The van der Waals surface area contributed by atoms with Gasteiger partial charge in [0, 0.05) is 33.1 Å². The predicted molar refractivity (Wildman–Crippen MR) is 197 cm³/mol. The zero-order valence-electron chi connectivity index (χ0n) is 28.2. The van der Waals surface area contributed by atoms with Crippen LogP contribution in [0.2, 0.25) is 5.02 Å². The second-order valence-corrected chi connectivity index (χ2v) is 15.1. The van der Waals surface area contributed by atoms with Crippen LogP contribution in [0.4, 0.5) is 21.5 Å². The molecule has 4 aromatic rings. The first-order chi connectivity index (χ1) is 25.9. The van der Waals surface area contributed by atoms with E-state index < -0.39 is 69.4 Å². The van der Waals surface area contributed by atoms with Crippen LogP contribution in [0.3, 0.4) is 0 Å². The van der Waals surface area contributed by atoms with E-state index in [9.17, 15) is 34.0 Å². The van der Waals surface area contributed by atoms with Crippen molar-refractivity contribution in [3.63, 3.8) is 0 Å². The van der Waals surface area contributed by atoms with Crippen molar-refractivity contribution in [2.75, 3.05) is 17.4 Å². The Kier molecular flexibility index (Phi) is 8.57. The van der Waals surface area contributed by atoms with Crippen LogP contribution in [0.1, 0.15) is 29.9 Å². The molecule has 0 aromatic heterocycles. The Bertz CT molecular complexity index is 2320. The molecule has 2 aliphatic carbocycles. The summed E-state index contributed by atoms with van der Waals surface area (Å²) in [5.74, 6) is -8.07. The number of allylic oxidation sites excluding steroid dienone is 2. The fourth-order valence-electron chi connectivity index (χ4n) is 8.97. The van der Waals surface area contributed by atoms with Crippen molar-refractivity contribution in [1.29, 1.82) is 0 Å². The number of nitro groups is 1. The number of non-ortho nitro benzene ring substituents is 1. The number of carbonyl (C=O) groups is 4. The standard InChI is InChI=1S/C39H29BrClFN4O8/c1-54-31-16-20(40)15-29(34(31)47)33-26-13-14-27-32(37(50)44(35(27)48)24-3-2-4-25(17-24)46(52)53)28(26)18-30-36(49)45(43-23-11-9-22(42)10-12-23)38(51)39(30,33)19-5-7-21(41)8-6-19/h2-13,15-17,27-28,30,32-33,43,47H,14,18H2,1H3/t27-,28+,30-,32-,33+,39+/m0/s1. The number of rotatable bonds is 7. The normalized spacial score (nSPS) is 25.9. The van der Waals surface area contributed by atoms with Crippen molar-refractivity contribution in [1.82, 2.24) is 5.01 Å². The lowest BCUT2D eigenvalue weighted by Gasteiger charge is -2.50. The molecular formula is C39H29BrClFN4O8. The predicted octanol–water partition coefficient (Wildman–Crippen LogP) is 7.05. The molecule has 2 heterocycles. The number of halogens is 3. The lowest BCUT2D eigenvalue weighted by Crippen LogP contribution is -2.53. The molecule has 2 N–H and O–H groups in total. The number of hydrazine groups is 1. The molecule has 2 aliphatic heterocycles. The van der Waals surface area contributed by atoms with Gasteiger partial charge in [0.2, 0.25) is 11.8 Å². The van der Waals surface area contributed by atoms with E-state index in [-0.39, 0.29) is 47.0 Å². The fraction of sp³-hybridized carbons (Fsp3) is 0.231. The minimum Gasteiger partial charge on any atom is -0.504 e. The van der Waals surface area contributed by atoms with Gasteiger partial charge in [0.1, 0.15) is 5.82 Å². The largest absolute Gasteiger partial charge is 0.504 e. The number of nitro benzene ring substituents is 1. The summed E-state index contributed by atoms with van der Waals surface area (Å²) in [7, 11) is 1.38. The lowest BCUT2D eigenvalue weighted by molar-refractivity contribution is -0.384. The molecule has 4 amide bonds. The SMILES string of the molecule is COc1cc(Br)cc([C@H]2C3=CC[C@@H]4C(=O)N(c5cccc([N+](=O)[O-])c5)C(=O)[C@@H]4[C@@H]3C[C@H]3C(=O)N(Nc4ccc(F)cc4)C(=O)[C@@]23c2ccc(Cl)cc2)c1O.